The Balaban J connectivity index is 1.43. The van der Waals surface area contributed by atoms with Crippen LogP contribution in [0.25, 0.3) is 0 Å². The van der Waals surface area contributed by atoms with Gasteiger partial charge in [-0.3, -0.25) is 4.79 Å². The maximum Gasteiger partial charge on any atom is 0.223 e. The number of hydrogen-bond acceptors (Lipinski definition) is 4. The lowest BCUT2D eigenvalue weighted by Crippen LogP contribution is -2.27. The summed E-state index contributed by atoms with van der Waals surface area (Å²) in [7, 11) is 0. The third kappa shape index (κ3) is 5.52. The summed E-state index contributed by atoms with van der Waals surface area (Å²) in [5, 5.41) is 6.32. The number of aryl methyl sites for hydroxylation is 4. The van der Waals surface area contributed by atoms with Crippen LogP contribution in [0.2, 0.25) is 0 Å². The fourth-order valence-electron chi connectivity index (χ4n) is 3.67. The summed E-state index contributed by atoms with van der Waals surface area (Å²) in [6.07, 6.45) is 6.16. The fourth-order valence-corrected chi connectivity index (χ4v) is 3.67. The zero-order valence-corrected chi connectivity index (χ0v) is 16.6. The molecule has 3 rings (SSSR count). The number of aromatic nitrogens is 2. The van der Waals surface area contributed by atoms with E-state index in [1.807, 2.05) is 19.9 Å². The molecule has 27 heavy (non-hydrogen) atoms. The fraction of sp³-hybridized carbons (Fsp3) is 0.500. The normalized spacial score (nSPS) is 14.3. The highest BCUT2D eigenvalue weighted by molar-refractivity contribution is 5.76. The maximum atomic E-state index is 12.3. The number of rotatable bonds is 7. The largest absolute Gasteiger partial charge is 0.354 e. The first-order valence-electron chi connectivity index (χ1n) is 9.98. The van der Waals surface area contributed by atoms with Crippen LogP contribution in [0, 0.1) is 13.8 Å². The second-order valence-corrected chi connectivity index (χ2v) is 7.53. The van der Waals surface area contributed by atoms with Crippen molar-refractivity contribution in [3.8, 4) is 0 Å². The molecule has 1 amide bonds. The Morgan fingerprint density at radius 3 is 2.52 bits per heavy atom. The van der Waals surface area contributed by atoms with Crippen molar-refractivity contribution in [3.63, 3.8) is 0 Å². The van der Waals surface area contributed by atoms with Crippen molar-refractivity contribution >= 4 is 11.9 Å². The average molecular weight is 367 g/mol. The van der Waals surface area contributed by atoms with E-state index in [2.05, 4.69) is 45.7 Å². The van der Waals surface area contributed by atoms with Crippen molar-refractivity contribution in [2.24, 2.45) is 0 Å². The highest BCUT2D eigenvalue weighted by Crippen LogP contribution is 2.24. The summed E-state index contributed by atoms with van der Waals surface area (Å²) in [5.74, 6) is 0.721. The Hall–Kier alpha value is -2.43. The van der Waals surface area contributed by atoms with Gasteiger partial charge in [-0.1, -0.05) is 18.2 Å². The average Bonchev–Trinajstić information content (AvgIpc) is 2.64. The van der Waals surface area contributed by atoms with Gasteiger partial charge < -0.3 is 10.6 Å². The summed E-state index contributed by atoms with van der Waals surface area (Å²) in [5.41, 5.74) is 6.02. The molecule has 5 heteroatoms. The van der Waals surface area contributed by atoms with Gasteiger partial charge in [-0.2, -0.15) is 0 Å². The first-order valence-corrected chi connectivity index (χ1v) is 9.98. The first kappa shape index (κ1) is 19.3. The van der Waals surface area contributed by atoms with Crippen molar-refractivity contribution in [1.82, 2.24) is 15.3 Å². The second kappa shape index (κ2) is 8.98. The van der Waals surface area contributed by atoms with Gasteiger partial charge in [-0.15, -0.1) is 0 Å². The van der Waals surface area contributed by atoms with Crippen LogP contribution in [-0.4, -0.2) is 22.4 Å². The molecular weight excluding hydrogens is 336 g/mol. The van der Waals surface area contributed by atoms with Crippen molar-refractivity contribution in [1.29, 1.82) is 0 Å². The first-order chi connectivity index (χ1) is 13.0. The Morgan fingerprint density at radius 2 is 1.78 bits per heavy atom. The van der Waals surface area contributed by atoms with Gasteiger partial charge in [0, 0.05) is 24.4 Å². The van der Waals surface area contributed by atoms with Crippen molar-refractivity contribution in [2.75, 3.05) is 11.9 Å². The van der Waals surface area contributed by atoms with E-state index in [4.69, 9.17) is 0 Å². The molecule has 0 bridgehead atoms. The van der Waals surface area contributed by atoms with E-state index in [0.717, 1.165) is 24.2 Å². The van der Waals surface area contributed by atoms with Gasteiger partial charge in [-0.05, 0) is 75.6 Å². The van der Waals surface area contributed by atoms with Crippen LogP contribution in [0.15, 0.2) is 24.3 Å². The van der Waals surface area contributed by atoms with Crippen molar-refractivity contribution in [2.45, 2.75) is 65.3 Å². The van der Waals surface area contributed by atoms with Gasteiger partial charge >= 0.3 is 0 Å². The molecule has 0 saturated heterocycles. The number of amides is 1. The summed E-state index contributed by atoms with van der Waals surface area (Å²) < 4.78 is 0. The third-order valence-corrected chi connectivity index (χ3v) is 5.10. The van der Waals surface area contributed by atoms with E-state index >= 15 is 0 Å². The number of benzene rings is 1. The number of nitrogens with zero attached hydrogens (tertiary/aromatic N) is 2. The number of anilines is 1. The number of nitrogens with one attached hydrogen (secondary N) is 2. The highest BCUT2D eigenvalue weighted by Gasteiger charge is 2.14. The van der Waals surface area contributed by atoms with Crippen LogP contribution in [0.1, 0.15) is 66.7 Å². The molecule has 0 spiro atoms. The van der Waals surface area contributed by atoms with E-state index in [-0.39, 0.29) is 11.9 Å². The van der Waals surface area contributed by atoms with E-state index in [9.17, 15) is 4.79 Å². The van der Waals surface area contributed by atoms with Gasteiger partial charge in [0.05, 0.1) is 6.04 Å². The molecular formula is C22H30N4O. The molecule has 0 radical (unpaired) electrons. The molecule has 1 aliphatic carbocycles. The minimum absolute atomic E-state index is 0.0421. The predicted molar refractivity (Wildman–Crippen MR) is 109 cm³/mol. The topological polar surface area (TPSA) is 66.9 Å². The second-order valence-electron chi connectivity index (χ2n) is 7.53. The van der Waals surface area contributed by atoms with Crippen molar-refractivity contribution < 1.29 is 4.79 Å². The maximum absolute atomic E-state index is 12.3. The molecule has 2 aromatic rings. The molecule has 1 aromatic heterocycles. The molecule has 0 fully saturated rings. The molecule has 0 saturated carbocycles. The van der Waals surface area contributed by atoms with Crippen LogP contribution in [0.5, 0.6) is 0 Å². The minimum atomic E-state index is 0.0421. The monoisotopic (exact) mass is 366 g/mol. The Bertz CT molecular complexity index is 783. The lowest BCUT2D eigenvalue weighted by atomic mass is 9.89. The third-order valence-electron chi connectivity index (χ3n) is 5.10. The quantitative estimate of drug-likeness (QED) is 0.726. The van der Waals surface area contributed by atoms with Crippen LogP contribution < -0.4 is 10.6 Å². The Labute approximate surface area is 162 Å². The number of carbonyl (C=O) groups excluding carboxylic acids is 1. The van der Waals surface area contributed by atoms with Gasteiger partial charge in [-0.25, -0.2) is 9.97 Å². The van der Waals surface area contributed by atoms with Crippen LogP contribution in [0.4, 0.5) is 5.95 Å². The Kier molecular flexibility index (Phi) is 6.43. The summed E-state index contributed by atoms with van der Waals surface area (Å²) in [6, 6.07) is 8.66. The van der Waals surface area contributed by atoms with E-state index in [1.165, 1.54) is 36.0 Å². The number of fused-ring (bicyclic) bond motifs is 1. The van der Waals surface area contributed by atoms with Crippen molar-refractivity contribution in [3.05, 3.63) is 52.3 Å². The number of hydrogen-bond donors (Lipinski definition) is 2. The molecule has 1 aliphatic rings. The van der Waals surface area contributed by atoms with E-state index < -0.39 is 0 Å². The highest BCUT2D eigenvalue weighted by atomic mass is 16.1. The predicted octanol–water partition coefficient (Wildman–Crippen LogP) is 4.04. The molecule has 0 aliphatic heterocycles. The molecule has 1 aromatic carbocycles. The van der Waals surface area contributed by atoms with E-state index in [1.54, 1.807) is 0 Å². The smallest absolute Gasteiger partial charge is 0.223 e. The van der Waals surface area contributed by atoms with Gasteiger partial charge in [0.15, 0.2) is 0 Å². The standard InChI is InChI=1S/C22H30N4O/c1-15-13-16(2)25-22(24-15)23-12-6-9-21(27)26-17(3)19-11-10-18-7-4-5-8-20(18)14-19/h10-11,13-14,17H,4-9,12H2,1-3H3,(H,26,27)(H,23,24,25). The molecule has 2 N–H and O–H groups in total. The van der Waals surface area contributed by atoms with Crippen LogP contribution in [-0.2, 0) is 17.6 Å². The summed E-state index contributed by atoms with van der Waals surface area (Å²) in [6.45, 7) is 6.65. The molecule has 1 heterocycles. The Morgan fingerprint density at radius 1 is 1.07 bits per heavy atom. The zero-order chi connectivity index (χ0) is 19.2. The lowest BCUT2D eigenvalue weighted by molar-refractivity contribution is -0.121. The summed E-state index contributed by atoms with van der Waals surface area (Å²) >= 11 is 0. The molecule has 5 nitrogen and oxygen atoms in total. The van der Waals surface area contributed by atoms with Gasteiger partial charge in [0.25, 0.3) is 0 Å². The van der Waals surface area contributed by atoms with Crippen LogP contribution in [0.3, 0.4) is 0 Å². The lowest BCUT2D eigenvalue weighted by Gasteiger charge is -2.20. The number of carbonyl (C=O) groups is 1. The van der Waals surface area contributed by atoms with E-state index in [0.29, 0.717) is 18.9 Å². The SMILES string of the molecule is Cc1cc(C)nc(NCCCC(=O)NC(C)c2ccc3c(c2)CCCC3)n1. The van der Waals surface area contributed by atoms with Gasteiger partial charge in [0.2, 0.25) is 11.9 Å². The van der Waals surface area contributed by atoms with Gasteiger partial charge in [0.1, 0.15) is 0 Å². The minimum Gasteiger partial charge on any atom is -0.354 e. The summed E-state index contributed by atoms with van der Waals surface area (Å²) in [4.78, 5) is 21.0. The molecule has 1 atom stereocenters. The zero-order valence-electron chi connectivity index (χ0n) is 16.6. The molecule has 1 unspecified atom stereocenters. The molecule has 144 valence electrons. The van der Waals surface area contributed by atoms with Crippen LogP contribution >= 0.6 is 0 Å².